The van der Waals surface area contributed by atoms with Crippen molar-refractivity contribution in [1.29, 1.82) is 0 Å². The van der Waals surface area contributed by atoms with E-state index in [0.717, 1.165) is 103 Å². The molecule has 0 bridgehead atoms. The first kappa shape index (κ1) is 111. The fraction of sp³-hybridized carbons (Fsp3) is 0.854. The zero-order valence-electron chi connectivity index (χ0n) is 76.0. The highest BCUT2D eigenvalue weighted by Crippen LogP contribution is 2.25. The van der Waals surface area contributed by atoms with Crippen molar-refractivity contribution in [3.63, 3.8) is 0 Å². The molecule has 0 fully saturated rings. The molecule has 4 N–H and O–H groups in total. The number of rotatable bonds is 91. The Balaban J connectivity index is 0. The highest BCUT2D eigenvalue weighted by atomic mass is 16.6. The lowest BCUT2D eigenvalue weighted by Gasteiger charge is -2.18. The van der Waals surface area contributed by atoms with Gasteiger partial charge in [0.25, 0.3) is 0 Å². The average molecular weight is 1590 g/mol. The lowest BCUT2D eigenvalue weighted by Crippen LogP contribution is -2.30. The number of primary amides is 2. The van der Waals surface area contributed by atoms with Crippen LogP contribution in [0.5, 0.6) is 0 Å². The number of hydrogen-bond acceptors (Lipinski definition) is 8. The minimum Gasteiger partial charge on any atom is -0.462 e. The van der Waals surface area contributed by atoms with E-state index >= 15 is 0 Å². The molecule has 0 aliphatic heterocycles. The van der Waals surface area contributed by atoms with Crippen LogP contribution in [0, 0.1) is 11.8 Å². The molecule has 0 aromatic carbocycles. The lowest BCUT2D eigenvalue weighted by molar-refractivity contribution is -0.167. The van der Waals surface area contributed by atoms with Crippen molar-refractivity contribution in [1.82, 2.24) is 0 Å². The second-order valence-corrected chi connectivity index (χ2v) is 34.1. The van der Waals surface area contributed by atoms with Crippen molar-refractivity contribution < 1.29 is 38.2 Å². The lowest BCUT2D eigenvalue weighted by atomic mass is 9.88. The summed E-state index contributed by atoms with van der Waals surface area (Å²) in [5.74, 6) is -1.56. The molecular weight excluding hydrogens is 1390 g/mol. The summed E-state index contributed by atoms with van der Waals surface area (Å²) < 4.78 is 16.8. The number of carbonyl (C=O) groups is 5. The van der Waals surface area contributed by atoms with Crippen LogP contribution in [0.3, 0.4) is 0 Å². The monoisotopic (exact) mass is 1590 g/mol. The Kier molecular flexibility index (Phi) is 95.3. The SMILES string of the molecule is CCCCCCCC/C=C\CCCCCCCC(=O)OCC(COC(=O)CCCCCCC/C=C\CCCCCCCC)OC(=O)CCCCCCC/C=C\CCCCCCCC.CCCCCCCC/C=C\CCCCCCCCCCC(CCC(CCCCCCCCCC/C=C\CCCCCCCC)C(N)=O)C(N)=O. The molecule has 2 unspecified atom stereocenters. The van der Waals surface area contributed by atoms with Crippen molar-refractivity contribution in [2.45, 2.75) is 542 Å². The summed E-state index contributed by atoms with van der Waals surface area (Å²) in [5, 5.41) is 0. The van der Waals surface area contributed by atoms with E-state index in [0.29, 0.717) is 32.1 Å². The van der Waals surface area contributed by atoms with Crippen LogP contribution in [-0.2, 0) is 38.2 Å². The van der Waals surface area contributed by atoms with Crippen molar-refractivity contribution in [3.8, 4) is 0 Å². The van der Waals surface area contributed by atoms with Crippen LogP contribution in [0.2, 0.25) is 0 Å². The van der Waals surface area contributed by atoms with Gasteiger partial charge >= 0.3 is 17.9 Å². The number of carbonyl (C=O) groups excluding carboxylic acids is 5. The van der Waals surface area contributed by atoms with Crippen molar-refractivity contribution in [2.75, 3.05) is 13.2 Å². The second-order valence-electron chi connectivity index (χ2n) is 34.1. The summed E-state index contributed by atoms with van der Waals surface area (Å²) in [6.45, 7) is 11.2. The highest BCUT2D eigenvalue weighted by Gasteiger charge is 2.22. The summed E-state index contributed by atoms with van der Waals surface area (Å²) in [4.78, 5) is 62.3. The zero-order valence-corrected chi connectivity index (χ0v) is 76.0. The minimum absolute atomic E-state index is 0.0806. The van der Waals surface area contributed by atoms with Gasteiger partial charge in [0.15, 0.2) is 6.10 Å². The van der Waals surface area contributed by atoms with Crippen LogP contribution in [0.25, 0.3) is 0 Å². The van der Waals surface area contributed by atoms with Crippen LogP contribution in [0.4, 0.5) is 0 Å². The van der Waals surface area contributed by atoms with Crippen molar-refractivity contribution in [3.05, 3.63) is 60.8 Å². The molecule has 0 aliphatic rings. The predicted octanol–water partition coefficient (Wildman–Crippen LogP) is 32.5. The van der Waals surface area contributed by atoms with E-state index in [4.69, 9.17) is 25.7 Å². The largest absolute Gasteiger partial charge is 0.462 e. The van der Waals surface area contributed by atoms with E-state index in [1.807, 2.05) is 0 Å². The normalized spacial score (nSPS) is 12.4. The number of ether oxygens (including phenoxy) is 3. The van der Waals surface area contributed by atoms with Crippen LogP contribution >= 0.6 is 0 Å². The number of amides is 2. The first-order valence-corrected chi connectivity index (χ1v) is 49.9. The molecule has 0 saturated carbocycles. The van der Waals surface area contributed by atoms with Crippen LogP contribution in [-0.4, -0.2) is 49.0 Å². The van der Waals surface area contributed by atoms with Gasteiger partial charge in [-0.05, 0) is 173 Å². The zero-order chi connectivity index (χ0) is 82.4. The molecule has 10 heteroatoms. The second kappa shape index (κ2) is 96.9. The molecule has 662 valence electrons. The van der Waals surface area contributed by atoms with Crippen LogP contribution < -0.4 is 11.5 Å². The maximum Gasteiger partial charge on any atom is 0.306 e. The predicted molar refractivity (Wildman–Crippen MR) is 491 cm³/mol. The average Bonchev–Trinajstić information content (AvgIpc) is 0.935. The fourth-order valence-electron chi connectivity index (χ4n) is 15.1. The van der Waals surface area contributed by atoms with Gasteiger partial charge in [-0.1, -0.05) is 404 Å². The third-order valence-corrected chi connectivity index (χ3v) is 22.9. The highest BCUT2D eigenvalue weighted by molar-refractivity contribution is 5.78. The Bertz CT molecular complexity index is 2010. The van der Waals surface area contributed by atoms with Gasteiger partial charge in [0, 0.05) is 31.1 Å². The Labute approximate surface area is 702 Å². The minimum atomic E-state index is -0.781. The van der Waals surface area contributed by atoms with Gasteiger partial charge in [0.1, 0.15) is 13.2 Å². The van der Waals surface area contributed by atoms with Gasteiger partial charge in [0.2, 0.25) is 11.8 Å². The molecule has 2 atom stereocenters. The Morgan fingerprint density at radius 2 is 0.381 bits per heavy atom. The topological polar surface area (TPSA) is 165 Å². The van der Waals surface area contributed by atoms with E-state index in [9.17, 15) is 24.0 Å². The van der Waals surface area contributed by atoms with Crippen LogP contribution in [0.1, 0.15) is 535 Å². The van der Waals surface area contributed by atoms with Gasteiger partial charge in [-0.15, -0.1) is 0 Å². The first-order valence-electron chi connectivity index (χ1n) is 49.9. The van der Waals surface area contributed by atoms with Gasteiger partial charge < -0.3 is 25.7 Å². The first-order chi connectivity index (χ1) is 55.6. The van der Waals surface area contributed by atoms with Gasteiger partial charge in [0.05, 0.1) is 0 Å². The molecule has 113 heavy (non-hydrogen) atoms. The van der Waals surface area contributed by atoms with E-state index in [2.05, 4.69) is 95.4 Å². The molecule has 2 amide bonds. The molecule has 0 heterocycles. The molecule has 0 rings (SSSR count). The molecule has 10 nitrogen and oxygen atoms in total. The fourth-order valence-corrected chi connectivity index (χ4v) is 15.1. The van der Waals surface area contributed by atoms with Crippen molar-refractivity contribution in [2.24, 2.45) is 23.3 Å². The molecule has 0 aliphatic carbocycles. The summed E-state index contributed by atoms with van der Waals surface area (Å²) >= 11 is 0. The van der Waals surface area contributed by atoms with E-state index in [1.54, 1.807) is 0 Å². The molecule has 0 radical (unpaired) electrons. The quantitative estimate of drug-likeness (QED) is 0.0263. The maximum atomic E-state index is 12.8. The molecule has 0 spiro atoms. The molecule has 0 aromatic heterocycles. The number of allylic oxidation sites excluding steroid dienone is 10. The summed E-state index contributed by atoms with van der Waals surface area (Å²) in [6, 6.07) is 0. The smallest absolute Gasteiger partial charge is 0.306 e. The molecule has 0 saturated heterocycles. The van der Waals surface area contributed by atoms with Gasteiger partial charge in [-0.25, -0.2) is 0 Å². The van der Waals surface area contributed by atoms with Crippen molar-refractivity contribution >= 4 is 29.7 Å². The summed E-state index contributed by atoms with van der Waals surface area (Å²) in [6.07, 6.45) is 116. The van der Waals surface area contributed by atoms with Gasteiger partial charge in [-0.2, -0.15) is 0 Å². The third-order valence-electron chi connectivity index (χ3n) is 22.9. The Hall–Kier alpha value is -3.95. The molecular formula is C103H192N2O8. The third kappa shape index (κ3) is 93.4. The number of esters is 3. The van der Waals surface area contributed by atoms with E-state index in [1.165, 1.54) is 366 Å². The van der Waals surface area contributed by atoms with E-state index in [-0.39, 0.29) is 54.8 Å². The standard InChI is InChI=1S/C57H104O6.C46H88N2O2/c1-4-7-10-13-16-19-22-25-28-31-34-37-40-43-46-49-55(58)61-52-54(63-57(60)51-48-45-42-39-36-33-30-27-24-21-18-15-12-9-6-3)53-62-56(59)50-47-44-41-38-35-32-29-26-23-20-17-14-11-8-5-2;1-3-5-7-9-11-13-15-17-19-21-23-25-27-29-31-33-35-37-39-43(45(47)49)41-42-44(46(48)50)40-38-36-34-32-30-28-26-24-22-20-18-16-14-12-10-8-6-4-2/h25-30,54H,4-24,31-53H2,1-3H3;17-20,43-44H,3-16,21-42H2,1-2H3,(H2,47,49)(H2,48,50)/b28-25-,29-26-,30-27-;19-17-,20-18-. The number of hydrogen-bond donors (Lipinski definition) is 2. The number of unbranched alkanes of at least 4 members (excludes halogenated alkanes) is 61. The summed E-state index contributed by atoms with van der Waals surface area (Å²) in [7, 11) is 0. The van der Waals surface area contributed by atoms with Crippen LogP contribution in [0.15, 0.2) is 60.8 Å². The summed E-state index contributed by atoms with van der Waals surface area (Å²) in [5.41, 5.74) is 11.5. The number of nitrogens with two attached hydrogens (primary N) is 2. The van der Waals surface area contributed by atoms with Gasteiger partial charge in [-0.3, -0.25) is 24.0 Å². The van der Waals surface area contributed by atoms with E-state index < -0.39 is 6.10 Å². The maximum absolute atomic E-state index is 12.8. The Morgan fingerprint density at radius 3 is 0.575 bits per heavy atom. The Morgan fingerprint density at radius 1 is 0.212 bits per heavy atom. The molecule has 0 aromatic rings.